The summed E-state index contributed by atoms with van der Waals surface area (Å²) < 4.78 is 9.72. The van der Waals surface area contributed by atoms with Crippen LogP contribution in [0.25, 0.3) is 27.6 Å². The number of rotatable bonds is 9. The molecular formula is C74H86N4O. The van der Waals surface area contributed by atoms with Crippen LogP contribution in [0.5, 0.6) is 11.5 Å². The number of hydrogen-bond acceptors (Lipinski definition) is 4. The summed E-state index contributed by atoms with van der Waals surface area (Å²) in [5, 5.41) is 2.44. The second-order valence-electron chi connectivity index (χ2n) is 28.8. The fraction of sp³-hybridized carbons (Fsp3) is 0.365. The minimum atomic E-state index is -0.280. The van der Waals surface area contributed by atoms with Crippen LogP contribution in [-0.2, 0) is 37.9 Å². The SMILES string of the molecule is CC(C)(C)c1cc(Oc2cc(C(C)(C)C)c3c4ccccc4n(-c4cc(C(C)(C)C)ccn4)c3c2)cc(N2CN(c3cc(C(C)(C)c4ccccc4)cc(C(C)(C)c4ccccc4)c3)c3cc(C(C)(C)C)c(C(C)(C)C)cc32)c1. The third-order valence-electron chi connectivity index (χ3n) is 17.0. The van der Waals surface area contributed by atoms with Gasteiger partial charge >= 0.3 is 0 Å². The minimum Gasteiger partial charge on any atom is -0.457 e. The smallest absolute Gasteiger partial charge is 0.137 e. The van der Waals surface area contributed by atoms with Gasteiger partial charge in [-0.25, -0.2) is 4.98 Å². The first-order valence-electron chi connectivity index (χ1n) is 28.7. The van der Waals surface area contributed by atoms with Gasteiger partial charge in [-0.2, -0.15) is 0 Å². The Morgan fingerprint density at radius 1 is 0.367 bits per heavy atom. The van der Waals surface area contributed by atoms with E-state index in [0.29, 0.717) is 6.67 Å². The van der Waals surface area contributed by atoms with Crippen LogP contribution in [-0.4, -0.2) is 16.2 Å². The summed E-state index contributed by atoms with van der Waals surface area (Å²) in [7, 11) is 0. The van der Waals surface area contributed by atoms with Crippen molar-refractivity contribution in [2.75, 3.05) is 16.5 Å². The predicted molar refractivity (Wildman–Crippen MR) is 338 cm³/mol. The van der Waals surface area contributed by atoms with E-state index in [2.05, 4.69) is 304 Å². The van der Waals surface area contributed by atoms with Crippen molar-refractivity contribution in [3.63, 3.8) is 0 Å². The van der Waals surface area contributed by atoms with Gasteiger partial charge in [0.2, 0.25) is 0 Å². The van der Waals surface area contributed by atoms with Crippen molar-refractivity contribution >= 4 is 44.6 Å². The van der Waals surface area contributed by atoms with Crippen molar-refractivity contribution in [2.45, 2.75) is 169 Å². The van der Waals surface area contributed by atoms with Gasteiger partial charge in [0.25, 0.3) is 0 Å². The first-order chi connectivity index (χ1) is 36.8. The van der Waals surface area contributed by atoms with E-state index < -0.39 is 0 Å². The number of pyridine rings is 1. The summed E-state index contributed by atoms with van der Waals surface area (Å²) in [6.45, 7) is 44.9. The molecule has 9 aromatic rings. The highest BCUT2D eigenvalue weighted by molar-refractivity contribution is 6.11. The van der Waals surface area contributed by atoms with E-state index in [1.165, 1.54) is 77.9 Å². The molecule has 0 aliphatic carbocycles. The molecular weight excluding hydrogens is 961 g/mol. The van der Waals surface area contributed by atoms with Gasteiger partial charge in [0.15, 0.2) is 0 Å². The third-order valence-corrected chi connectivity index (χ3v) is 17.0. The van der Waals surface area contributed by atoms with Gasteiger partial charge in [0.1, 0.15) is 24.0 Å². The lowest BCUT2D eigenvalue weighted by atomic mass is 9.73. The van der Waals surface area contributed by atoms with Gasteiger partial charge < -0.3 is 14.5 Å². The fourth-order valence-corrected chi connectivity index (χ4v) is 11.9. The molecule has 0 radical (unpaired) electrons. The maximum absolute atomic E-state index is 7.38. The minimum absolute atomic E-state index is 0.0430. The maximum atomic E-state index is 7.38. The summed E-state index contributed by atoms with van der Waals surface area (Å²) in [4.78, 5) is 10.2. The molecule has 408 valence electrons. The van der Waals surface area contributed by atoms with Crippen molar-refractivity contribution in [2.24, 2.45) is 0 Å². The molecule has 79 heavy (non-hydrogen) atoms. The number of nitrogens with zero attached hydrogens (tertiary/aromatic N) is 4. The van der Waals surface area contributed by atoms with Gasteiger partial charge in [-0.05, 0) is 138 Å². The molecule has 0 saturated carbocycles. The zero-order valence-electron chi connectivity index (χ0n) is 51.0. The summed E-state index contributed by atoms with van der Waals surface area (Å²) in [5.74, 6) is 2.50. The van der Waals surface area contributed by atoms with Crippen LogP contribution in [0.2, 0.25) is 0 Å². The molecule has 7 aromatic carbocycles. The molecule has 0 bridgehead atoms. The highest BCUT2D eigenvalue weighted by Crippen LogP contribution is 2.52. The summed E-state index contributed by atoms with van der Waals surface area (Å²) in [6.07, 6.45) is 1.96. The molecule has 0 saturated heterocycles. The highest BCUT2D eigenvalue weighted by Gasteiger charge is 2.37. The van der Waals surface area contributed by atoms with E-state index in [-0.39, 0.29) is 37.9 Å². The molecule has 0 unspecified atom stereocenters. The number of aromatic nitrogens is 2. The quantitative estimate of drug-likeness (QED) is 0.144. The molecule has 1 aliphatic heterocycles. The van der Waals surface area contributed by atoms with Crippen molar-refractivity contribution in [3.05, 3.63) is 214 Å². The van der Waals surface area contributed by atoms with Crippen LogP contribution in [0.3, 0.4) is 0 Å². The van der Waals surface area contributed by atoms with Crippen LogP contribution in [0.1, 0.15) is 182 Å². The Kier molecular flexibility index (Phi) is 13.5. The van der Waals surface area contributed by atoms with Gasteiger partial charge in [0, 0.05) is 51.3 Å². The van der Waals surface area contributed by atoms with Crippen molar-refractivity contribution in [1.29, 1.82) is 0 Å². The molecule has 0 atom stereocenters. The number of fused-ring (bicyclic) bond motifs is 4. The Morgan fingerprint density at radius 3 is 1.34 bits per heavy atom. The van der Waals surface area contributed by atoms with Gasteiger partial charge in [0.05, 0.1) is 22.4 Å². The second-order valence-corrected chi connectivity index (χ2v) is 28.8. The molecule has 2 aromatic heterocycles. The van der Waals surface area contributed by atoms with Crippen LogP contribution in [0, 0.1) is 0 Å². The van der Waals surface area contributed by atoms with E-state index in [4.69, 9.17) is 9.72 Å². The molecule has 1 aliphatic rings. The summed E-state index contributed by atoms with van der Waals surface area (Å²) in [5.41, 5.74) is 17.2. The standard InChI is InChI=1S/C74H86N4O/c1-68(2,3)50-34-35-75-66(41-50)78-62-33-27-26-32-58(62)67-61(72(13,14)15)43-57(44-65(67)78)79-56-40-51(69(4,5)6)37-55(42-56)77-47-76(63-45-59(70(7,8)9)60(46-64(63)77)71(10,11)12)54-38-52(73(16,17)48-28-22-20-23-29-48)36-53(39-54)74(18,19)49-30-24-21-25-31-49/h20-46H,47H2,1-19H3. The van der Waals surface area contributed by atoms with Crippen LogP contribution >= 0.6 is 0 Å². The predicted octanol–water partition coefficient (Wildman–Crippen LogP) is 20.4. The van der Waals surface area contributed by atoms with E-state index in [1.54, 1.807) is 0 Å². The monoisotopic (exact) mass is 1050 g/mol. The lowest BCUT2D eigenvalue weighted by Gasteiger charge is -2.34. The number of hydrogen-bond donors (Lipinski definition) is 0. The Labute approximate surface area is 473 Å². The van der Waals surface area contributed by atoms with Crippen molar-refractivity contribution in [3.8, 4) is 17.3 Å². The normalized spacial score (nSPS) is 13.9. The number of anilines is 4. The van der Waals surface area contributed by atoms with E-state index in [9.17, 15) is 0 Å². The molecule has 5 nitrogen and oxygen atoms in total. The summed E-state index contributed by atoms with van der Waals surface area (Å²) >= 11 is 0. The molecule has 5 heteroatoms. The molecule has 10 rings (SSSR count). The molecule has 0 N–H and O–H groups in total. The molecule has 0 fully saturated rings. The van der Waals surface area contributed by atoms with Crippen LogP contribution in [0.4, 0.5) is 22.7 Å². The second kappa shape index (κ2) is 19.3. The van der Waals surface area contributed by atoms with Crippen molar-refractivity contribution < 1.29 is 4.74 Å². The number of ether oxygens (including phenoxy) is 1. The Hall–Kier alpha value is -7.11. The largest absolute Gasteiger partial charge is 0.457 e. The first kappa shape index (κ1) is 55.2. The number of para-hydroxylation sites is 1. The number of benzene rings is 7. The Morgan fingerprint density at radius 2 is 0.835 bits per heavy atom. The van der Waals surface area contributed by atoms with Gasteiger partial charge in [-0.3, -0.25) is 4.57 Å². The zero-order valence-corrected chi connectivity index (χ0v) is 51.0. The Balaban J connectivity index is 1.18. The van der Waals surface area contributed by atoms with Crippen molar-refractivity contribution in [1.82, 2.24) is 9.55 Å². The first-order valence-corrected chi connectivity index (χ1v) is 28.7. The fourth-order valence-electron chi connectivity index (χ4n) is 11.9. The van der Waals surface area contributed by atoms with E-state index >= 15 is 0 Å². The highest BCUT2D eigenvalue weighted by atomic mass is 16.5. The van der Waals surface area contributed by atoms with E-state index in [1.807, 2.05) is 6.20 Å². The molecule has 0 amide bonds. The van der Waals surface area contributed by atoms with Gasteiger partial charge in [-0.15, -0.1) is 0 Å². The lowest BCUT2D eigenvalue weighted by molar-refractivity contribution is 0.476. The van der Waals surface area contributed by atoms with Crippen LogP contribution < -0.4 is 14.5 Å². The van der Waals surface area contributed by atoms with Gasteiger partial charge in [-0.1, -0.05) is 216 Å². The molecule has 3 heterocycles. The average molecular weight is 1050 g/mol. The zero-order chi connectivity index (χ0) is 57.0. The van der Waals surface area contributed by atoms with E-state index in [0.717, 1.165) is 34.0 Å². The average Bonchev–Trinajstić information content (AvgIpc) is 4.18. The topological polar surface area (TPSA) is 33.5 Å². The Bertz CT molecular complexity index is 3680. The lowest BCUT2D eigenvalue weighted by Crippen LogP contribution is -2.27. The van der Waals surface area contributed by atoms with Crippen LogP contribution in [0.15, 0.2) is 164 Å². The third kappa shape index (κ3) is 10.4. The molecule has 0 spiro atoms. The maximum Gasteiger partial charge on any atom is 0.137 e. The summed E-state index contributed by atoms with van der Waals surface area (Å²) in [6, 6.07) is 59.1.